The first-order valence-electron chi connectivity index (χ1n) is 6.53. The molecule has 0 aromatic heterocycles. The highest BCUT2D eigenvalue weighted by atomic mass is 35.5. The van der Waals surface area contributed by atoms with Crippen LogP contribution in [0.3, 0.4) is 0 Å². The van der Waals surface area contributed by atoms with Gasteiger partial charge in [0.25, 0.3) is 0 Å². The lowest BCUT2D eigenvalue weighted by molar-refractivity contribution is 0.400. The van der Waals surface area contributed by atoms with Gasteiger partial charge in [-0.15, -0.1) is 0 Å². The molecule has 1 saturated carbocycles. The minimum Gasteiger partial charge on any atom is -0.381 e. The van der Waals surface area contributed by atoms with Gasteiger partial charge in [-0.05, 0) is 55.7 Å². The van der Waals surface area contributed by atoms with Crippen LogP contribution in [0.15, 0.2) is 30.4 Å². The van der Waals surface area contributed by atoms with Crippen molar-refractivity contribution in [2.75, 3.05) is 5.32 Å². The first kappa shape index (κ1) is 12.0. The maximum atomic E-state index is 13.2. The minimum atomic E-state index is -0.248. The quantitative estimate of drug-likeness (QED) is 0.794. The van der Waals surface area contributed by atoms with Crippen molar-refractivity contribution < 1.29 is 4.39 Å². The molecule has 1 fully saturated rings. The zero-order valence-electron chi connectivity index (χ0n) is 10.4. The fraction of sp³-hybridized carbons (Fsp3) is 0.467. The maximum absolute atomic E-state index is 13.2. The third kappa shape index (κ3) is 2.14. The van der Waals surface area contributed by atoms with Gasteiger partial charge in [-0.1, -0.05) is 23.8 Å². The number of hydrogen-bond donors (Lipinski definition) is 1. The number of allylic oxidation sites excluding steroid dienone is 2. The van der Waals surface area contributed by atoms with E-state index in [2.05, 4.69) is 24.4 Å². The molecule has 1 aromatic rings. The summed E-state index contributed by atoms with van der Waals surface area (Å²) >= 11 is 6.08. The summed E-state index contributed by atoms with van der Waals surface area (Å²) in [4.78, 5) is 0. The highest BCUT2D eigenvalue weighted by molar-refractivity contribution is 6.33. The lowest BCUT2D eigenvalue weighted by Gasteiger charge is -2.27. The lowest BCUT2D eigenvalue weighted by Crippen LogP contribution is -2.28. The molecule has 1 nitrogen and oxygen atoms in total. The lowest BCUT2D eigenvalue weighted by atomic mass is 9.87. The van der Waals surface area contributed by atoms with Gasteiger partial charge >= 0.3 is 0 Å². The molecule has 0 amide bonds. The van der Waals surface area contributed by atoms with Crippen molar-refractivity contribution in [1.29, 1.82) is 0 Å². The van der Waals surface area contributed by atoms with Gasteiger partial charge < -0.3 is 5.32 Å². The molecule has 4 unspecified atom stereocenters. The molecule has 0 aliphatic heterocycles. The van der Waals surface area contributed by atoms with Crippen molar-refractivity contribution in [3.63, 3.8) is 0 Å². The monoisotopic (exact) mass is 265 g/mol. The van der Waals surface area contributed by atoms with Crippen molar-refractivity contribution >= 4 is 17.3 Å². The third-order valence-corrected chi connectivity index (χ3v) is 4.61. The third-order valence-electron chi connectivity index (χ3n) is 4.28. The van der Waals surface area contributed by atoms with Gasteiger partial charge in [0.15, 0.2) is 0 Å². The van der Waals surface area contributed by atoms with Crippen molar-refractivity contribution in [2.45, 2.75) is 25.8 Å². The number of halogens is 2. The van der Waals surface area contributed by atoms with Crippen LogP contribution < -0.4 is 5.32 Å². The van der Waals surface area contributed by atoms with E-state index in [1.807, 2.05) is 0 Å². The predicted octanol–water partition coefficient (Wildman–Crippen LogP) is 4.49. The molecule has 96 valence electrons. The average molecular weight is 266 g/mol. The molecule has 0 heterocycles. The molecule has 3 heteroatoms. The van der Waals surface area contributed by atoms with Gasteiger partial charge in [0.1, 0.15) is 5.82 Å². The maximum Gasteiger partial charge on any atom is 0.125 e. The summed E-state index contributed by atoms with van der Waals surface area (Å²) in [6.45, 7) is 2.17. The number of anilines is 1. The number of rotatable bonds is 3. The van der Waals surface area contributed by atoms with Gasteiger partial charge in [-0.2, -0.15) is 0 Å². The van der Waals surface area contributed by atoms with Crippen LogP contribution in [0.1, 0.15) is 19.8 Å². The second-order valence-corrected chi connectivity index (χ2v) is 5.91. The van der Waals surface area contributed by atoms with E-state index < -0.39 is 0 Å². The molecule has 2 bridgehead atoms. The Labute approximate surface area is 112 Å². The standard InChI is InChI=1S/C15H17ClFN/c1-9(13-7-10-2-3-11(13)6-10)18-15-8-12(17)4-5-14(15)16/h2-5,8-11,13,18H,6-7H2,1H3. The Kier molecular flexibility index (Phi) is 3.06. The summed E-state index contributed by atoms with van der Waals surface area (Å²) in [5.74, 6) is 1.83. The van der Waals surface area contributed by atoms with Crippen molar-refractivity contribution in [3.8, 4) is 0 Å². The average Bonchev–Trinajstić information content (AvgIpc) is 2.96. The Morgan fingerprint density at radius 2 is 2.17 bits per heavy atom. The van der Waals surface area contributed by atoms with E-state index in [4.69, 9.17) is 11.6 Å². The Morgan fingerprint density at radius 3 is 2.83 bits per heavy atom. The molecule has 3 rings (SSSR count). The van der Waals surface area contributed by atoms with Crippen LogP contribution >= 0.6 is 11.6 Å². The van der Waals surface area contributed by atoms with Crippen LogP contribution in [0.2, 0.25) is 5.02 Å². The van der Waals surface area contributed by atoms with Crippen LogP contribution in [0, 0.1) is 23.6 Å². The van der Waals surface area contributed by atoms with Crippen LogP contribution in [0.5, 0.6) is 0 Å². The zero-order valence-corrected chi connectivity index (χ0v) is 11.1. The van der Waals surface area contributed by atoms with E-state index in [-0.39, 0.29) is 5.82 Å². The fourth-order valence-electron chi connectivity index (χ4n) is 3.36. The predicted molar refractivity (Wildman–Crippen MR) is 73.3 cm³/mol. The van der Waals surface area contributed by atoms with Crippen molar-refractivity contribution in [2.24, 2.45) is 17.8 Å². The minimum absolute atomic E-state index is 0.248. The van der Waals surface area contributed by atoms with E-state index in [9.17, 15) is 4.39 Å². The fourth-order valence-corrected chi connectivity index (χ4v) is 3.53. The first-order valence-corrected chi connectivity index (χ1v) is 6.91. The number of fused-ring (bicyclic) bond motifs is 2. The molecule has 0 spiro atoms. The normalized spacial score (nSPS) is 30.7. The Bertz CT molecular complexity index is 485. The molecule has 1 aromatic carbocycles. The topological polar surface area (TPSA) is 12.0 Å². The molecular weight excluding hydrogens is 249 g/mol. The molecule has 2 aliphatic rings. The van der Waals surface area contributed by atoms with Crippen LogP contribution in [-0.2, 0) is 0 Å². The van der Waals surface area contributed by atoms with Crippen molar-refractivity contribution in [3.05, 3.63) is 41.2 Å². The van der Waals surface area contributed by atoms with Crippen LogP contribution in [0.25, 0.3) is 0 Å². The Hall–Kier alpha value is -1.02. The van der Waals surface area contributed by atoms with Gasteiger partial charge in [0.05, 0.1) is 10.7 Å². The van der Waals surface area contributed by atoms with Gasteiger partial charge in [0, 0.05) is 6.04 Å². The molecule has 2 aliphatic carbocycles. The molecule has 0 radical (unpaired) electrons. The SMILES string of the molecule is CC(Nc1cc(F)ccc1Cl)C1CC2C=CC1C2. The summed E-state index contributed by atoms with van der Waals surface area (Å²) in [5.41, 5.74) is 0.705. The second-order valence-electron chi connectivity index (χ2n) is 5.50. The summed E-state index contributed by atoms with van der Waals surface area (Å²) in [6, 6.07) is 4.79. The molecule has 1 N–H and O–H groups in total. The zero-order chi connectivity index (χ0) is 12.7. The molecule has 18 heavy (non-hydrogen) atoms. The molecule has 0 saturated heterocycles. The summed E-state index contributed by atoms with van der Waals surface area (Å²) < 4.78 is 13.2. The van der Waals surface area contributed by atoms with Gasteiger partial charge in [-0.25, -0.2) is 4.39 Å². The number of nitrogens with one attached hydrogen (secondary N) is 1. The molecule has 4 atom stereocenters. The number of hydrogen-bond acceptors (Lipinski definition) is 1. The highest BCUT2D eigenvalue weighted by Gasteiger charge is 2.38. The summed E-state index contributed by atoms with van der Waals surface area (Å²) in [7, 11) is 0. The van der Waals surface area contributed by atoms with E-state index >= 15 is 0 Å². The number of benzene rings is 1. The Morgan fingerprint density at radius 1 is 1.33 bits per heavy atom. The molecular formula is C15H17ClFN. The van der Waals surface area contributed by atoms with Crippen LogP contribution in [0.4, 0.5) is 10.1 Å². The van der Waals surface area contributed by atoms with Crippen molar-refractivity contribution in [1.82, 2.24) is 0 Å². The highest BCUT2D eigenvalue weighted by Crippen LogP contribution is 2.45. The van der Waals surface area contributed by atoms with E-state index in [1.165, 1.54) is 25.0 Å². The first-order chi connectivity index (χ1) is 8.63. The smallest absolute Gasteiger partial charge is 0.125 e. The van der Waals surface area contributed by atoms with E-state index in [1.54, 1.807) is 6.07 Å². The largest absolute Gasteiger partial charge is 0.381 e. The van der Waals surface area contributed by atoms with Crippen LogP contribution in [-0.4, -0.2) is 6.04 Å². The summed E-state index contributed by atoms with van der Waals surface area (Å²) in [5, 5.41) is 3.96. The Balaban J connectivity index is 1.72. The van der Waals surface area contributed by atoms with E-state index in [0.29, 0.717) is 28.6 Å². The van der Waals surface area contributed by atoms with Gasteiger partial charge in [-0.3, -0.25) is 0 Å². The summed E-state index contributed by atoms with van der Waals surface area (Å²) in [6.07, 6.45) is 7.20. The van der Waals surface area contributed by atoms with Gasteiger partial charge in [0.2, 0.25) is 0 Å². The van der Waals surface area contributed by atoms with E-state index in [0.717, 1.165) is 5.92 Å². The second kappa shape index (κ2) is 4.58.